The number of hydrogen-bond acceptors (Lipinski definition) is 1. The van der Waals surface area contributed by atoms with Crippen molar-refractivity contribution in [1.29, 1.82) is 0 Å². The Morgan fingerprint density at radius 1 is 1.44 bits per heavy atom. The van der Waals surface area contributed by atoms with E-state index in [4.69, 9.17) is 28.3 Å². The zero-order valence-electron chi connectivity index (χ0n) is 9.33. The summed E-state index contributed by atoms with van der Waals surface area (Å²) in [4.78, 5) is 10.9. The van der Waals surface area contributed by atoms with Gasteiger partial charge in [0.2, 0.25) is 0 Å². The summed E-state index contributed by atoms with van der Waals surface area (Å²) in [5.41, 5.74) is 0.915. The zero-order valence-corrected chi connectivity index (χ0v) is 10.8. The summed E-state index contributed by atoms with van der Waals surface area (Å²) in [5.74, 6) is -2.53. The van der Waals surface area contributed by atoms with E-state index in [1.54, 1.807) is 6.92 Å². The molecule has 1 aliphatic carbocycles. The van der Waals surface area contributed by atoms with Crippen LogP contribution in [0.4, 0.5) is 8.78 Å². The number of aryl methyl sites for hydroxylation is 1. The molecule has 0 radical (unpaired) electrons. The Bertz CT molecular complexity index is 503. The maximum Gasteiger partial charge on any atom is 0.310 e. The smallest absolute Gasteiger partial charge is 0.310 e. The molecule has 6 heteroatoms. The van der Waals surface area contributed by atoms with E-state index in [9.17, 15) is 13.6 Å². The molecule has 2 unspecified atom stereocenters. The Kier molecular flexibility index (Phi) is 3.28. The number of carboxylic acids is 1. The van der Waals surface area contributed by atoms with Crippen LogP contribution in [0.5, 0.6) is 0 Å². The minimum absolute atomic E-state index is 0.0685. The van der Waals surface area contributed by atoms with E-state index in [-0.39, 0.29) is 5.56 Å². The second kappa shape index (κ2) is 4.35. The molecule has 2 nitrogen and oxygen atoms in total. The second-order valence-corrected chi connectivity index (χ2v) is 5.83. The minimum Gasteiger partial charge on any atom is -0.481 e. The molecule has 1 aromatic carbocycles. The molecule has 1 N–H and O–H groups in total. The van der Waals surface area contributed by atoms with Crippen molar-refractivity contribution in [1.82, 2.24) is 0 Å². The van der Waals surface area contributed by atoms with E-state index in [0.717, 1.165) is 0 Å². The van der Waals surface area contributed by atoms with E-state index >= 15 is 0 Å². The predicted octanol–water partition coefficient (Wildman–Crippen LogP) is 3.90. The molecule has 0 heterocycles. The van der Waals surface area contributed by atoms with Crippen LogP contribution in [0.1, 0.15) is 29.0 Å². The van der Waals surface area contributed by atoms with Gasteiger partial charge in [0.05, 0.1) is 5.92 Å². The van der Waals surface area contributed by atoms with Crippen molar-refractivity contribution in [2.24, 2.45) is 5.92 Å². The van der Waals surface area contributed by atoms with Gasteiger partial charge in [-0.2, -0.15) is 0 Å². The summed E-state index contributed by atoms with van der Waals surface area (Å²) in [6, 6.07) is 4.27. The van der Waals surface area contributed by atoms with Crippen molar-refractivity contribution < 1.29 is 18.7 Å². The lowest BCUT2D eigenvalue weighted by Gasteiger charge is -2.07. The van der Waals surface area contributed by atoms with E-state index < -0.39 is 28.6 Å². The van der Waals surface area contributed by atoms with Gasteiger partial charge in [0.15, 0.2) is 0 Å². The maximum absolute atomic E-state index is 12.6. The van der Waals surface area contributed by atoms with Crippen LogP contribution in [-0.4, -0.2) is 15.4 Å². The highest BCUT2D eigenvalue weighted by atomic mass is 35.5. The molecular weight excluding hydrogens is 285 g/mol. The van der Waals surface area contributed by atoms with Gasteiger partial charge in [0.1, 0.15) is 4.33 Å². The Morgan fingerprint density at radius 2 is 2.06 bits per heavy atom. The first-order chi connectivity index (χ1) is 8.26. The lowest BCUT2D eigenvalue weighted by Crippen LogP contribution is -2.03. The van der Waals surface area contributed by atoms with Crippen molar-refractivity contribution in [2.45, 2.75) is 23.6 Å². The van der Waals surface area contributed by atoms with E-state index in [1.165, 1.54) is 18.2 Å². The Hall–Kier alpha value is -0.870. The third kappa shape index (κ3) is 2.08. The van der Waals surface area contributed by atoms with Gasteiger partial charge in [-0.1, -0.05) is 41.4 Å². The van der Waals surface area contributed by atoms with E-state index in [0.29, 0.717) is 11.1 Å². The first kappa shape index (κ1) is 13.6. The highest BCUT2D eigenvalue weighted by Gasteiger charge is 2.68. The Morgan fingerprint density at radius 3 is 2.44 bits per heavy atom. The van der Waals surface area contributed by atoms with Gasteiger partial charge in [0, 0.05) is 11.5 Å². The van der Waals surface area contributed by atoms with Crippen LogP contribution in [0, 0.1) is 12.8 Å². The van der Waals surface area contributed by atoms with Gasteiger partial charge in [-0.3, -0.25) is 4.79 Å². The van der Waals surface area contributed by atoms with Crippen LogP contribution >= 0.6 is 23.2 Å². The van der Waals surface area contributed by atoms with Crippen LogP contribution in [0.2, 0.25) is 0 Å². The first-order valence-corrected chi connectivity index (χ1v) is 6.01. The molecular formula is C12H10Cl2F2O2. The number of hydrogen-bond donors (Lipinski definition) is 1. The van der Waals surface area contributed by atoms with Gasteiger partial charge in [-0.15, -0.1) is 0 Å². The standard InChI is InChI=1S/C12H10Cl2F2O2/c1-5-4-6(2-3-7(5)10(15)16)8-9(11(17)18)12(8,13)14/h2-4,8-10H,1H3,(H,17,18). The van der Waals surface area contributed by atoms with E-state index in [1.807, 2.05) is 0 Å². The monoisotopic (exact) mass is 294 g/mol. The molecule has 0 bridgehead atoms. The molecule has 2 rings (SSSR count). The fourth-order valence-electron chi connectivity index (χ4n) is 2.19. The zero-order chi connectivity index (χ0) is 13.7. The number of halogens is 4. The van der Waals surface area contributed by atoms with Crippen molar-refractivity contribution in [2.75, 3.05) is 0 Å². The van der Waals surface area contributed by atoms with E-state index in [2.05, 4.69) is 0 Å². The molecule has 0 aromatic heterocycles. The van der Waals surface area contributed by atoms with Crippen LogP contribution in [0.15, 0.2) is 18.2 Å². The average molecular weight is 295 g/mol. The number of rotatable bonds is 3. The normalized spacial score (nSPS) is 25.2. The molecule has 0 spiro atoms. The average Bonchev–Trinajstić information content (AvgIpc) is 2.81. The molecule has 1 fully saturated rings. The number of aliphatic carboxylic acids is 1. The number of carbonyl (C=O) groups is 1. The van der Waals surface area contributed by atoms with Crippen molar-refractivity contribution in [3.63, 3.8) is 0 Å². The lowest BCUT2D eigenvalue weighted by molar-refractivity contribution is -0.138. The molecule has 2 atom stereocenters. The molecule has 98 valence electrons. The third-order valence-corrected chi connectivity index (χ3v) is 4.15. The summed E-state index contributed by atoms with van der Waals surface area (Å²) in [6.07, 6.45) is -2.55. The quantitative estimate of drug-likeness (QED) is 0.859. The number of benzene rings is 1. The Labute approximate surface area is 113 Å². The highest BCUT2D eigenvalue weighted by molar-refractivity contribution is 6.53. The molecule has 0 aliphatic heterocycles. The van der Waals surface area contributed by atoms with Crippen molar-refractivity contribution in [3.8, 4) is 0 Å². The second-order valence-electron chi connectivity index (χ2n) is 4.38. The third-order valence-electron chi connectivity index (χ3n) is 3.21. The Balaban J connectivity index is 2.32. The summed E-state index contributed by atoms with van der Waals surface area (Å²) < 4.78 is 23.8. The SMILES string of the molecule is Cc1cc(C2C(C(=O)O)C2(Cl)Cl)ccc1C(F)F. The topological polar surface area (TPSA) is 37.3 Å². The van der Waals surface area contributed by atoms with Crippen LogP contribution in [-0.2, 0) is 4.79 Å². The minimum atomic E-state index is -2.55. The molecule has 1 aliphatic rings. The van der Waals surface area contributed by atoms with Crippen LogP contribution in [0.3, 0.4) is 0 Å². The van der Waals surface area contributed by atoms with Crippen molar-refractivity contribution >= 4 is 29.2 Å². The number of alkyl halides is 4. The fourth-order valence-corrected chi connectivity index (χ4v) is 3.00. The molecule has 0 amide bonds. The van der Waals surface area contributed by atoms with Gasteiger partial charge < -0.3 is 5.11 Å². The van der Waals surface area contributed by atoms with Gasteiger partial charge >= 0.3 is 5.97 Å². The summed E-state index contributed by atoms with van der Waals surface area (Å²) in [6.45, 7) is 1.55. The molecule has 18 heavy (non-hydrogen) atoms. The maximum atomic E-state index is 12.6. The lowest BCUT2D eigenvalue weighted by atomic mass is 10.0. The predicted molar refractivity (Wildman–Crippen MR) is 64.4 cm³/mol. The van der Waals surface area contributed by atoms with Crippen molar-refractivity contribution in [3.05, 3.63) is 34.9 Å². The van der Waals surface area contributed by atoms with Crippen LogP contribution < -0.4 is 0 Å². The summed E-state index contributed by atoms with van der Waals surface area (Å²) in [7, 11) is 0. The van der Waals surface area contributed by atoms with Gasteiger partial charge in [-0.05, 0) is 18.1 Å². The summed E-state index contributed by atoms with van der Waals surface area (Å²) in [5, 5.41) is 8.94. The highest BCUT2D eigenvalue weighted by Crippen LogP contribution is 2.65. The molecule has 0 saturated heterocycles. The summed E-state index contributed by atoms with van der Waals surface area (Å²) >= 11 is 11.8. The van der Waals surface area contributed by atoms with Gasteiger partial charge in [-0.25, -0.2) is 8.78 Å². The molecule has 1 saturated carbocycles. The first-order valence-electron chi connectivity index (χ1n) is 5.26. The largest absolute Gasteiger partial charge is 0.481 e. The molecule has 1 aromatic rings. The fraction of sp³-hybridized carbons (Fsp3) is 0.417. The number of carboxylic acid groups (broad SMARTS) is 1. The van der Waals surface area contributed by atoms with Crippen LogP contribution in [0.25, 0.3) is 0 Å². The van der Waals surface area contributed by atoms with Gasteiger partial charge in [0.25, 0.3) is 6.43 Å².